The molecule has 0 aromatic rings. The van der Waals surface area contributed by atoms with Crippen LogP contribution in [0.5, 0.6) is 0 Å². The zero-order valence-corrected chi connectivity index (χ0v) is 9.60. The summed E-state index contributed by atoms with van der Waals surface area (Å²) in [5.41, 5.74) is 2.68. The lowest BCUT2D eigenvalue weighted by atomic mass is 9.79. The number of hydrogen-bond donors (Lipinski definition) is 1. The van der Waals surface area contributed by atoms with Crippen LogP contribution in [0.25, 0.3) is 0 Å². The Morgan fingerprint density at radius 3 is 2.40 bits per heavy atom. The van der Waals surface area contributed by atoms with Crippen molar-refractivity contribution < 1.29 is 0 Å². The van der Waals surface area contributed by atoms with Crippen molar-refractivity contribution in [3.8, 4) is 0 Å². The van der Waals surface area contributed by atoms with Gasteiger partial charge in [-0.25, -0.2) is 0 Å². The van der Waals surface area contributed by atoms with Crippen molar-refractivity contribution in [3.63, 3.8) is 0 Å². The molecule has 0 spiro atoms. The molecule has 1 saturated heterocycles. The van der Waals surface area contributed by atoms with Gasteiger partial charge in [-0.1, -0.05) is 25.2 Å². The summed E-state index contributed by atoms with van der Waals surface area (Å²) in [5.74, 6) is 0.796. The minimum atomic E-state index is 0.796. The van der Waals surface area contributed by atoms with Gasteiger partial charge in [0.05, 0.1) is 0 Å². The summed E-state index contributed by atoms with van der Waals surface area (Å²) in [4.78, 5) is 2.40. The summed E-state index contributed by atoms with van der Waals surface area (Å²) in [6.45, 7) is 12.8. The molecule has 0 radical (unpaired) electrons. The predicted octanol–water partition coefficient (Wildman–Crippen LogP) is 2.15. The molecule has 2 nitrogen and oxygen atoms in total. The van der Waals surface area contributed by atoms with Crippen LogP contribution in [0.3, 0.4) is 0 Å². The molecule has 1 N–H and O–H groups in total. The molecule has 2 fully saturated rings. The third-order valence-corrected chi connectivity index (χ3v) is 3.68. The Bertz CT molecular complexity index is 247. The van der Waals surface area contributed by atoms with Gasteiger partial charge in [-0.05, 0) is 18.8 Å². The smallest absolute Gasteiger partial charge is 0.0300 e. The van der Waals surface area contributed by atoms with Crippen LogP contribution in [0.1, 0.15) is 25.7 Å². The van der Waals surface area contributed by atoms with E-state index >= 15 is 0 Å². The monoisotopic (exact) mass is 206 g/mol. The van der Waals surface area contributed by atoms with E-state index in [0.29, 0.717) is 0 Å². The Morgan fingerprint density at radius 1 is 1.20 bits per heavy atom. The van der Waals surface area contributed by atoms with Crippen molar-refractivity contribution in [2.24, 2.45) is 5.92 Å². The number of piperazine rings is 1. The van der Waals surface area contributed by atoms with Crippen molar-refractivity contribution in [3.05, 3.63) is 24.4 Å². The minimum Gasteiger partial charge on any atom is -0.372 e. The van der Waals surface area contributed by atoms with Gasteiger partial charge < -0.3 is 10.2 Å². The van der Waals surface area contributed by atoms with Crippen LogP contribution in [0.4, 0.5) is 0 Å². The Balaban J connectivity index is 1.77. The van der Waals surface area contributed by atoms with E-state index in [1.165, 1.54) is 30.5 Å². The summed E-state index contributed by atoms with van der Waals surface area (Å²) in [7, 11) is 0. The first-order valence-corrected chi connectivity index (χ1v) is 6.08. The molecule has 0 bridgehead atoms. The van der Waals surface area contributed by atoms with Crippen LogP contribution in [-0.2, 0) is 0 Å². The Hall–Kier alpha value is -0.760. The third-order valence-electron chi connectivity index (χ3n) is 3.68. The number of nitrogens with one attached hydrogen (secondary N) is 1. The van der Waals surface area contributed by atoms with Gasteiger partial charge in [0.15, 0.2) is 0 Å². The fourth-order valence-electron chi connectivity index (χ4n) is 2.32. The lowest BCUT2D eigenvalue weighted by Crippen LogP contribution is -2.42. The summed E-state index contributed by atoms with van der Waals surface area (Å²) in [6.07, 6.45) is 5.12. The molecular weight excluding hydrogens is 184 g/mol. The maximum atomic E-state index is 4.21. The van der Waals surface area contributed by atoms with Gasteiger partial charge in [-0.3, -0.25) is 0 Å². The van der Waals surface area contributed by atoms with Crippen molar-refractivity contribution >= 4 is 0 Å². The van der Waals surface area contributed by atoms with E-state index in [9.17, 15) is 0 Å². The maximum Gasteiger partial charge on any atom is 0.0300 e. The van der Waals surface area contributed by atoms with E-state index in [4.69, 9.17) is 0 Å². The fraction of sp³-hybridized carbons (Fsp3) is 0.692. The lowest BCUT2D eigenvalue weighted by molar-refractivity contribution is 0.288. The van der Waals surface area contributed by atoms with Crippen molar-refractivity contribution in [1.82, 2.24) is 10.2 Å². The van der Waals surface area contributed by atoms with Gasteiger partial charge >= 0.3 is 0 Å². The van der Waals surface area contributed by atoms with Crippen LogP contribution in [0.2, 0.25) is 0 Å². The Kier molecular flexibility index (Phi) is 3.47. The van der Waals surface area contributed by atoms with Gasteiger partial charge in [0.25, 0.3) is 0 Å². The lowest BCUT2D eigenvalue weighted by Gasteiger charge is -2.34. The molecular formula is C13H22N2. The largest absolute Gasteiger partial charge is 0.372 e. The topological polar surface area (TPSA) is 15.3 Å². The van der Waals surface area contributed by atoms with Crippen LogP contribution < -0.4 is 5.32 Å². The second-order valence-corrected chi connectivity index (χ2v) is 4.77. The zero-order chi connectivity index (χ0) is 10.7. The van der Waals surface area contributed by atoms with Crippen LogP contribution in [-0.4, -0.2) is 31.1 Å². The standard InChI is InChI=1S/C13H22N2/c1-11(13-4-3-5-13)10-12(2)15-8-6-14-7-9-15/h13-14H,1-10H2. The van der Waals surface area contributed by atoms with Crippen molar-refractivity contribution in [2.75, 3.05) is 26.2 Å². The molecule has 1 heterocycles. The SMILES string of the molecule is C=C(CC(=C)N1CCNCC1)C1CCC1. The molecule has 0 unspecified atom stereocenters. The van der Waals surface area contributed by atoms with Gasteiger partial charge in [0, 0.05) is 38.3 Å². The van der Waals surface area contributed by atoms with Crippen LogP contribution in [0.15, 0.2) is 24.4 Å². The molecule has 1 aliphatic heterocycles. The highest BCUT2D eigenvalue weighted by atomic mass is 15.2. The molecule has 0 atom stereocenters. The van der Waals surface area contributed by atoms with Crippen LogP contribution in [0, 0.1) is 5.92 Å². The molecule has 15 heavy (non-hydrogen) atoms. The van der Waals surface area contributed by atoms with E-state index < -0.39 is 0 Å². The number of nitrogens with zero attached hydrogens (tertiary/aromatic N) is 1. The number of hydrogen-bond acceptors (Lipinski definition) is 2. The Labute approximate surface area is 93.0 Å². The highest BCUT2D eigenvalue weighted by Gasteiger charge is 2.21. The van der Waals surface area contributed by atoms with E-state index in [-0.39, 0.29) is 0 Å². The second kappa shape index (κ2) is 4.84. The summed E-state index contributed by atoms with van der Waals surface area (Å²) in [5, 5.41) is 3.36. The normalized spacial score (nSPS) is 22.3. The highest BCUT2D eigenvalue weighted by molar-refractivity contribution is 5.14. The molecule has 2 heteroatoms. The second-order valence-electron chi connectivity index (χ2n) is 4.77. The first-order chi connectivity index (χ1) is 7.27. The summed E-state index contributed by atoms with van der Waals surface area (Å²) >= 11 is 0. The van der Waals surface area contributed by atoms with E-state index in [0.717, 1.165) is 38.5 Å². The molecule has 0 amide bonds. The molecule has 1 aliphatic carbocycles. The molecule has 0 aromatic heterocycles. The Morgan fingerprint density at radius 2 is 1.87 bits per heavy atom. The molecule has 1 saturated carbocycles. The van der Waals surface area contributed by atoms with Crippen molar-refractivity contribution in [2.45, 2.75) is 25.7 Å². The average Bonchev–Trinajstić information content (AvgIpc) is 2.16. The highest BCUT2D eigenvalue weighted by Crippen LogP contribution is 2.35. The average molecular weight is 206 g/mol. The molecule has 84 valence electrons. The molecule has 0 aromatic carbocycles. The minimum absolute atomic E-state index is 0.796. The van der Waals surface area contributed by atoms with Gasteiger partial charge in [-0.2, -0.15) is 0 Å². The summed E-state index contributed by atoms with van der Waals surface area (Å²) in [6, 6.07) is 0. The number of allylic oxidation sites excluding steroid dienone is 1. The molecule has 2 rings (SSSR count). The fourth-order valence-corrected chi connectivity index (χ4v) is 2.32. The van der Waals surface area contributed by atoms with Gasteiger partial charge in [0.2, 0.25) is 0 Å². The quantitative estimate of drug-likeness (QED) is 0.709. The summed E-state index contributed by atoms with van der Waals surface area (Å²) < 4.78 is 0. The van der Waals surface area contributed by atoms with Gasteiger partial charge in [0.1, 0.15) is 0 Å². The van der Waals surface area contributed by atoms with Gasteiger partial charge in [-0.15, -0.1) is 0 Å². The van der Waals surface area contributed by atoms with Crippen LogP contribution >= 0.6 is 0 Å². The van der Waals surface area contributed by atoms with E-state index in [2.05, 4.69) is 23.4 Å². The van der Waals surface area contributed by atoms with Crippen molar-refractivity contribution in [1.29, 1.82) is 0 Å². The first kappa shape index (κ1) is 10.7. The molecule has 2 aliphatic rings. The van der Waals surface area contributed by atoms with E-state index in [1.54, 1.807) is 0 Å². The third kappa shape index (κ3) is 2.63. The van der Waals surface area contributed by atoms with E-state index in [1.807, 2.05) is 0 Å². The first-order valence-electron chi connectivity index (χ1n) is 6.08. The maximum absolute atomic E-state index is 4.21. The number of rotatable bonds is 4. The predicted molar refractivity (Wildman–Crippen MR) is 64.7 cm³/mol. The zero-order valence-electron chi connectivity index (χ0n) is 9.60.